The first-order chi connectivity index (χ1) is 7.84. The first kappa shape index (κ1) is 12.7. The van der Waals surface area contributed by atoms with Crippen molar-refractivity contribution in [1.29, 1.82) is 0 Å². The molecule has 94 valence electrons. The fourth-order valence-electron chi connectivity index (χ4n) is 2.74. The van der Waals surface area contributed by atoms with E-state index < -0.39 is 6.17 Å². The second kappa shape index (κ2) is 6.85. The van der Waals surface area contributed by atoms with Crippen LogP contribution in [0.15, 0.2) is 0 Å². The molecule has 2 aliphatic rings. The molecule has 0 radical (unpaired) electrons. The molecular weight excluding hydrogens is 221 g/mol. The smallest absolute Gasteiger partial charge is 0.100 e. The Labute approximate surface area is 103 Å². The summed E-state index contributed by atoms with van der Waals surface area (Å²) in [6.45, 7) is 1.21. The normalized spacial score (nSPS) is 36.2. The van der Waals surface area contributed by atoms with Crippen LogP contribution in [0.2, 0.25) is 0 Å². The van der Waals surface area contributed by atoms with Crippen molar-refractivity contribution in [3.05, 3.63) is 0 Å². The molecule has 1 aliphatic heterocycles. The topological polar surface area (TPSA) is 12.0 Å². The van der Waals surface area contributed by atoms with E-state index in [9.17, 15) is 4.39 Å². The van der Waals surface area contributed by atoms with Crippen LogP contribution in [0.3, 0.4) is 0 Å². The zero-order valence-corrected chi connectivity index (χ0v) is 10.9. The minimum absolute atomic E-state index is 0.503. The second-order valence-corrected chi connectivity index (χ2v) is 6.59. The van der Waals surface area contributed by atoms with Gasteiger partial charge in [-0.05, 0) is 57.2 Å². The maximum atomic E-state index is 13.0. The van der Waals surface area contributed by atoms with Crippen molar-refractivity contribution in [2.45, 2.75) is 68.8 Å². The van der Waals surface area contributed by atoms with E-state index in [1.165, 1.54) is 38.0 Å². The highest BCUT2D eigenvalue weighted by Crippen LogP contribution is 2.30. The summed E-state index contributed by atoms with van der Waals surface area (Å²) < 4.78 is 13.0. The molecule has 0 aromatic rings. The Hall–Kier alpha value is 0.240. The van der Waals surface area contributed by atoms with Crippen LogP contribution in [-0.2, 0) is 0 Å². The number of nitrogens with one attached hydrogen (secondary N) is 1. The number of halogens is 1. The van der Waals surface area contributed by atoms with E-state index >= 15 is 0 Å². The van der Waals surface area contributed by atoms with E-state index in [-0.39, 0.29) is 0 Å². The van der Waals surface area contributed by atoms with Crippen molar-refractivity contribution in [3.63, 3.8) is 0 Å². The summed E-state index contributed by atoms with van der Waals surface area (Å²) in [5.74, 6) is 1.26. The summed E-state index contributed by atoms with van der Waals surface area (Å²) >= 11 is 2.09. The van der Waals surface area contributed by atoms with Gasteiger partial charge in [-0.1, -0.05) is 6.42 Å². The molecular formula is C13H24FNS. The summed E-state index contributed by atoms with van der Waals surface area (Å²) in [5, 5.41) is 4.34. The van der Waals surface area contributed by atoms with Crippen LogP contribution < -0.4 is 5.32 Å². The largest absolute Gasteiger partial charge is 0.314 e. The zero-order chi connectivity index (χ0) is 11.2. The minimum Gasteiger partial charge on any atom is -0.314 e. The van der Waals surface area contributed by atoms with Crippen molar-refractivity contribution in [2.24, 2.45) is 0 Å². The Morgan fingerprint density at radius 1 is 1.06 bits per heavy atom. The van der Waals surface area contributed by atoms with Gasteiger partial charge in [-0.15, -0.1) is 0 Å². The standard InChI is InChI=1S/C13H24FNS/c14-11-4-6-13(7-5-11)16-10-8-12-3-1-2-9-15-12/h11-13,15H,1-10H2. The first-order valence-electron chi connectivity index (χ1n) is 6.83. The van der Waals surface area contributed by atoms with Crippen LogP contribution in [0.5, 0.6) is 0 Å². The van der Waals surface area contributed by atoms with E-state index in [0.717, 1.165) is 37.0 Å². The average molecular weight is 245 g/mol. The van der Waals surface area contributed by atoms with Gasteiger partial charge in [0.15, 0.2) is 0 Å². The van der Waals surface area contributed by atoms with E-state index in [1.807, 2.05) is 0 Å². The minimum atomic E-state index is -0.503. The Morgan fingerprint density at radius 2 is 1.88 bits per heavy atom. The molecule has 1 aliphatic carbocycles. The molecule has 0 spiro atoms. The predicted molar refractivity (Wildman–Crippen MR) is 69.9 cm³/mol. The van der Waals surface area contributed by atoms with Crippen LogP contribution in [0.4, 0.5) is 4.39 Å². The number of rotatable bonds is 4. The average Bonchev–Trinajstić information content (AvgIpc) is 2.33. The van der Waals surface area contributed by atoms with Gasteiger partial charge in [0.05, 0.1) is 0 Å². The third-order valence-corrected chi connectivity index (χ3v) is 5.25. The number of alkyl halides is 1. The molecule has 1 N–H and O–H groups in total. The lowest BCUT2D eigenvalue weighted by Gasteiger charge is -2.26. The Balaban J connectivity index is 1.53. The summed E-state index contributed by atoms with van der Waals surface area (Å²) in [4.78, 5) is 0. The van der Waals surface area contributed by atoms with Crippen LogP contribution in [0.25, 0.3) is 0 Å². The lowest BCUT2D eigenvalue weighted by Crippen LogP contribution is -2.34. The second-order valence-electron chi connectivity index (χ2n) is 5.18. The maximum Gasteiger partial charge on any atom is 0.100 e. The van der Waals surface area contributed by atoms with E-state index in [1.54, 1.807) is 0 Å². The molecule has 0 bridgehead atoms. The third kappa shape index (κ3) is 4.25. The van der Waals surface area contributed by atoms with Gasteiger partial charge in [0.25, 0.3) is 0 Å². The lowest BCUT2D eigenvalue weighted by atomic mass is 9.98. The molecule has 1 heterocycles. The molecule has 2 rings (SSSR count). The van der Waals surface area contributed by atoms with Gasteiger partial charge in [0.2, 0.25) is 0 Å². The maximum absolute atomic E-state index is 13.0. The van der Waals surface area contributed by atoms with Gasteiger partial charge in [0.1, 0.15) is 6.17 Å². The van der Waals surface area contributed by atoms with Crippen LogP contribution in [-0.4, -0.2) is 29.8 Å². The summed E-state index contributed by atoms with van der Waals surface area (Å²) in [5.41, 5.74) is 0. The Morgan fingerprint density at radius 3 is 2.56 bits per heavy atom. The Bertz CT molecular complexity index is 186. The van der Waals surface area contributed by atoms with Gasteiger partial charge in [-0.25, -0.2) is 4.39 Å². The van der Waals surface area contributed by atoms with Gasteiger partial charge < -0.3 is 5.32 Å². The molecule has 1 saturated heterocycles. The van der Waals surface area contributed by atoms with Crippen molar-refractivity contribution >= 4 is 11.8 Å². The van der Waals surface area contributed by atoms with Crippen LogP contribution >= 0.6 is 11.8 Å². The molecule has 1 atom stereocenters. The van der Waals surface area contributed by atoms with Gasteiger partial charge >= 0.3 is 0 Å². The Kier molecular flexibility index (Phi) is 5.43. The summed E-state index contributed by atoms with van der Waals surface area (Å²) in [6, 6.07) is 0.763. The number of thioether (sulfide) groups is 1. The third-order valence-electron chi connectivity index (χ3n) is 3.84. The molecule has 0 amide bonds. The molecule has 1 nitrogen and oxygen atoms in total. The first-order valence-corrected chi connectivity index (χ1v) is 7.88. The molecule has 2 fully saturated rings. The van der Waals surface area contributed by atoms with Crippen molar-refractivity contribution in [3.8, 4) is 0 Å². The monoisotopic (exact) mass is 245 g/mol. The van der Waals surface area contributed by atoms with E-state index in [0.29, 0.717) is 0 Å². The van der Waals surface area contributed by atoms with Gasteiger partial charge in [-0.3, -0.25) is 0 Å². The predicted octanol–water partition coefficient (Wildman–Crippen LogP) is 3.53. The van der Waals surface area contributed by atoms with Crippen molar-refractivity contribution in [1.82, 2.24) is 5.32 Å². The lowest BCUT2D eigenvalue weighted by molar-refractivity contribution is 0.255. The molecule has 16 heavy (non-hydrogen) atoms. The van der Waals surface area contributed by atoms with Crippen molar-refractivity contribution in [2.75, 3.05) is 12.3 Å². The highest BCUT2D eigenvalue weighted by Gasteiger charge is 2.21. The highest BCUT2D eigenvalue weighted by atomic mass is 32.2. The van der Waals surface area contributed by atoms with Gasteiger partial charge in [0, 0.05) is 11.3 Å². The molecule has 1 saturated carbocycles. The summed E-state index contributed by atoms with van der Waals surface area (Å²) in [7, 11) is 0. The van der Waals surface area contributed by atoms with Crippen LogP contribution in [0.1, 0.15) is 51.4 Å². The fraction of sp³-hybridized carbons (Fsp3) is 1.00. The molecule has 1 unspecified atom stereocenters. The molecule has 0 aromatic carbocycles. The highest BCUT2D eigenvalue weighted by molar-refractivity contribution is 7.99. The zero-order valence-electron chi connectivity index (χ0n) is 10.1. The quantitative estimate of drug-likeness (QED) is 0.813. The van der Waals surface area contributed by atoms with Gasteiger partial charge in [-0.2, -0.15) is 11.8 Å². The van der Waals surface area contributed by atoms with Crippen molar-refractivity contribution < 1.29 is 4.39 Å². The van der Waals surface area contributed by atoms with E-state index in [2.05, 4.69) is 17.1 Å². The molecule has 0 aromatic heterocycles. The SMILES string of the molecule is FC1CCC(SCCC2CCCCN2)CC1. The number of hydrogen-bond donors (Lipinski definition) is 1. The number of hydrogen-bond acceptors (Lipinski definition) is 2. The fourth-order valence-corrected chi connectivity index (χ4v) is 4.10. The van der Waals surface area contributed by atoms with E-state index in [4.69, 9.17) is 0 Å². The number of piperidine rings is 1. The van der Waals surface area contributed by atoms with Crippen LogP contribution in [0, 0.1) is 0 Å². The molecule has 3 heteroatoms. The summed E-state index contributed by atoms with van der Waals surface area (Å²) in [6.07, 6.45) is 8.72.